The number of aliphatic hydroxyl groups is 1. The maximum atomic E-state index is 9.98. The van der Waals surface area contributed by atoms with Crippen LogP contribution in [0.2, 0.25) is 0 Å². The van der Waals surface area contributed by atoms with Gasteiger partial charge in [0.25, 0.3) is 0 Å². The molecule has 0 saturated carbocycles. The van der Waals surface area contributed by atoms with Crippen LogP contribution in [-0.4, -0.2) is 18.8 Å². The van der Waals surface area contributed by atoms with Gasteiger partial charge in [-0.15, -0.1) is 0 Å². The summed E-state index contributed by atoms with van der Waals surface area (Å²) in [7, 11) is 1.61. The second-order valence-electron chi connectivity index (χ2n) is 4.25. The van der Waals surface area contributed by atoms with Gasteiger partial charge in [0.05, 0.1) is 13.2 Å². The lowest BCUT2D eigenvalue weighted by Gasteiger charge is -2.16. The molecule has 0 bridgehead atoms. The third-order valence-corrected chi connectivity index (χ3v) is 2.72. The molecule has 0 aliphatic rings. The van der Waals surface area contributed by atoms with Crippen molar-refractivity contribution in [1.29, 1.82) is 0 Å². The molecule has 0 aromatic heterocycles. The van der Waals surface area contributed by atoms with E-state index in [2.05, 4.69) is 13.8 Å². The highest BCUT2D eigenvalue weighted by atomic mass is 16.5. The van der Waals surface area contributed by atoms with Crippen molar-refractivity contribution in [2.45, 2.75) is 32.3 Å². The van der Waals surface area contributed by atoms with Crippen molar-refractivity contribution in [3.05, 3.63) is 29.3 Å². The SMILES string of the molecule is COc1ccc(C(C)C)cc1C(O)CCN. The highest BCUT2D eigenvalue weighted by molar-refractivity contribution is 5.39. The summed E-state index contributed by atoms with van der Waals surface area (Å²) in [6.45, 7) is 4.72. The zero-order valence-electron chi connectivity index (χ0n) is 10.2. The Morgan fingerprint density at radius 3 is 2.56 bits per heavy atom. The van der Waals surface area contributed by atoms with Crippen molar-refractivity contribution >= 4 is 0 Å². The van der Waals surface area contributed by atoms with E-state index in [0.717, 1.165) is 11.3 Å². The Balaban J connectivity index is 3.06. The predicted molar refractivity (Wildman–Crippen MR) is 65.7 cm³/mol. The standard InChI is InChI=1S/C13H21NO2/c1-9(2)10-4-5-13(16-3)11(8-10)12(15)6-7-14/h4-5,8-9,12,15H,6-7,14H2,1-3H3. The Hall–Kier alpha value is -1.06. The Labute approximate surface area is 97.2 Å². The van der Waals surface area contributed by atoms with Crippen LogP contribution >= 0.6 is 0 Å². The Morgan fingerprint density at radius 2 is 2.06 bits per heavy atom. The summed E-state index contributed by atoms with van der Waals surface area (Å²) in [4.78, 5) is 0. The van der Waals surface area contributed by atoms with Crippen LogP contribution in [0.5, 0.6) is 5.75 Å². The molecular weight excluding hydrogens is 202 g/mol. The van der Waals surface area contributed by atoms with E-state index >= 15 is 0 Å². The highest BCUT2D eigenvalue weighted by Gasteiger charge is 2.14. The largest absolute Gasteiger partial charge is 0.496 e. The number of benzene rings is 1. The summed E-state index contributed by atoms with van der Waals surface area (Å²) in [5, 5.41) is 9.98. The summed E-state index contributed by atoms with van der Waals surface area (Å²) >= 11 is 0. The Morgan fingerprint density at radius 1 is 1.38 bits per heavy atom. The molecule has 1 rings (SSSR count). The average molecular weight is 223 g/mol. The minimum Gasteiger partial charge on any atom is -0.496 e. The first-order valence-corrected chi connectivity index (χ1v) is 5.66. The zero-order valence-corrected chi connectivity index (χ0v) is 10.2. The lowest BCUT2D eigenvalue weighted by atomic mass is 9.97. The number of aliphatic hydroxyl groups excluding tert-OH is 1. The molecule has 1 unspecified atom stereocenters. The van der Waals surface area contributed by atoms with E-state index in [-0.39, 0.29) is 0 Å². The normalized spacial score (nSPS) is 12.9. The van der Waals surface area contributed by atoms with E-state index in [9.17, 15) is 5.11 Å². The third kappa shape index (κ3) is 2.97. The van der Waals surface area contributed by atoms with Gasteiger partial charge in [0.2, 0.25) is 0 Å². The van der Waals surface area contributed by atoms with E-state index in [1.54, 1.807) is 7.11 Å². The van der Waals surface area contributed by atoms with E-state index < -0.39 is 6.10 Å². The van der Waals surface area contributed by atoms with Gasteiger partial charge in [-0.05, 0) is 36.6 Å². The molecular formula is C13H21NO2. The van der Waals surface area contributed by atoms with Gasteiger partial charge < -0.3 is 15.6 Å². The van der Waals surface area contributed by atoms with Crippen molar-refractivity contribution in [2.75, 3.05) is 13.7 Å². The number of methoxy groups -OCH3 is 1. The van der Waals surface area contributed by atoms with Crippen LogP contribution < -0.4 is 10.5 Å². The summed E-state index contributed by atoms with van der Waals surface area (Å²) in [6.07, 6.45) is 0.0106. The lowest BCUT2D eigenvalue weighted by Crippen LogP contribution is -2.08. The molecule has 0 fully saturated rings. The van der Waals surface area contributed by atoms with Crippen LogP contribution in [0.25, 0.3) is 0 Å². The number of hydrogen-bond acceptors (Lipinski definition) is 3. The van der Waals surface area contributed by atoms with Gasteiger partial charge in [0.1, 0.15) is 5.75 Å². The maximum absolute atomic E-state index is 9.98. The number of nitrogens with two attached hydrogens (primary N) is 1. The van der Waals surface area contributed by atoms with E-state index in [4.69, 9.17) is 10.5 Å². The van der Waals surface area contributed by atoms with Gasteiger partial charge in [-0.2, -0.15) is 0 Å². The molecule has 1 aromatic carbocycles. The summed E-state index contributed by atoms with van der Waals surface area (Å²) in [5.41, 5.74) is 7.49. The van der Waals surface area contributed by atoms with Crippen LogP contribution in [0.4, 0.5) is 0 Å². The highest BCUT2D eigenvalue weighted by Crippen LogP contribution is 2.30. The molecule has 1 aromatic rings. The molecule has 0 radical (unpaired) electrons. The minimum atomic E-state index is -0.543. The van der Waals surface area contributed by atoms with Gasteiger partial charge in [-0.1, -0.05) is 19.9 Å². The van der Waals surface area contributed by atoms with Crippen molar-refractivity contribution in [3.63, 3.8) is 0 Å². The van der Waals surface area contributed by atoms with Crippen molar-refractivity contribution in [3.8, 4) is 5.75 Å². The first-order chi connectivity index (χ1) is 7.60. The van der Waals surface area contributed by atoms with Gasteiger partial charge >= 0.3 is 0 Å². The number of rotatable bonds is 5. The second-order valence-corrected chi connectivity index (χ2v) is 4.25. The summed E-state index contributed by atoms with van der Waals surface area (Å²) in [5.74, 6) is 1.17. The van der Waals surface area contributed by atoms with Gasteiger partial charge in [0, 0.05) is 5.56 Å². The summed E-state index contributed by atoms with van der Waals surface area (Å²) in [6, 6.07) is 5.94. The van der Waals surface area contributed by atoms with Crippen molar-refractivity contribution in [1.82, 2.24) is 0 Å². The third-order valence-electron chi connectivity index (χ3n) is 2.72. The Kier molecular flexibility index (Phi) is 4.77. The fraction of sp³-hybridized carbons (Fsp3) is 0.538. The van der Waals surface area contributed by atoms with E-state index in [0.29, 0.717) is 18.9 Å². The van der Waals surface area contributed by atoms with Crippen LogP contribution in [0.15, 0.2) is 18.2 Å². The average Bonchev–Trinajstić information content (AvgIpc) is 2.28. The molecule has 90 valence electrons. The molecule has 3 heteroatoms. The number of hydrogen-bond donors (Lipinski definition) is 2. The Bertz CT molecular complexity index is 337. The van der Waals surface area contributed by atoms with Crippen molar-refractivity contribution in [2.24, 2.45) is 5.73 Å². The molecule has 3 nitrogen and oxygen atoms in total. The van der Waals surface area contributed by atoms with Crippen LogP contribution in [0.1, 0.15) is 43.4 Å². The second kappa shape index (κ2) is 5.87. The topological polar surface area (TPSA) is 55.5 Å². The molecule has 1 atom stereocenters. The van der Waals surface area contributed by atoms with Crippen molar-refractivity contribution < 1.29 is 9.84 Å². The molecule has 0 saturated heterocycles. The smallest absolute Gasteiger partial charge is 0.124 e. The molecule has 0 aliphatic carbocycles. The first-order valence-electron chi connectivity index (χ1n) is 5.66. The van der Waals surface area contributed by atoms with E-state index in [1.165, 1.54) is 5.56 Å². The van der Waals surface area contributed by atoms with Gasteiger partial charge in [-0.25, -0.2) is 0 Å². The van der Waals surface area contributed by atoms with Crippen LogP contribution in [-0.2, 0) is 0 Å². The molecule has 0 amide bonds. The molecule has 3 N–H and O–H groups in total. The molecule has 16 heavy (non-hydrogen) atoms. The minimum absolute atomic E-state index is 0.440. The molecule has 0 heterocycles. The summed E-state index contributed by atoms with van der Waals surface area (Å²) < 4.78 is 5.25. The zero-order chi connectivity index (χ0) is 12.1. The maximum Gasteiger partial charge on any atom is 0.124 e. The molecule has 0 spiro atoms. The first kappa shape index (κ1) is 13.0. The fourth-order valence-electron chi connectivity index (χ4n) is 1.69. The van der Waals surface area contributed by atoms with Crippen LogP contribution in [0.3, 0.4) is 0 Å². The van der Waals surface area contributed by atoms with Crippen LogP contribution in [0, 0.1) is 0 Å². The fourth-order valence-corrected chi connectivity index (χ4v) is 1.69. The van der Waals surface area contributed by atoms with Gasteiger partial charge in [0.15, 0.2) is 0 Å². The molecule has 0 aliphatic heterocycles. The quantitative estimate of drug-likeness (QED) is 0.804. The lowest BCUT2D eigenvalue weighted by molar-refractivity contribution is 0.166. The monoisotopic (exact) mass is 223 g/mol. The van der Waals surface area contributed by atoms with Gasteiger partial charge in [-0.3, -0.25) is 0 Å². The number of ether oxygens (including phenoxy) is 1. The van der Waals surface area contributed by atoms with E-state index in [1.807, 2.05) is 18.2 Å². The predicted octanol–water partition coefficient (Wildman–Crippen LogP) is 2.20.